The third-order valence-electron chi connectivity index (χ3n) is 4.40. The van der Waals surface area contributed by atoms with Gasteiger partial charge in [0.2, 0.25) is 0 Å². The van der Waals surface area contributed by atoms with Gasteiger partial charge in [0.1, 0.15) is 5.82 Å². The fourth-order valence-electron chi connectivity index (χ4n) is 2.70. The third-order valence-corrected chi connectivity index (χ3v) is 4.40. The molecule has 1 aromatic carbocycles. The lowest BCUT2D eigenvalue weighted by molar-refractivity contribution is 0.100. The van der Waals surface area contributed by atoms with Crippen LogP contribution in [0.15, 0.2) is 24.3 Å². The molecule has 1 aliphatic carbocycles. The van der Waals surface area contributed by atoms with Crippen LogP contribution in [0.25, 0.3) is 11.0 Å². The van der Waals surface area contributed by atoms with E-state index in [9.17, 15) is 5.11 Å². The zero-order valence-electron chi connectivity index (χ0n) is 11.8. The normalized spacial score (nSPS) is 18.7. The largest absolute Gasteiger partial charge is 0.392 e. The average molecular weight is 258 g/mol. The van der Waals surface area contributed by atoms with E-state index >= 15 is 0 Å². The van der Waals surface area contributed by atoms with Crippen LogP contribution in [0.3, 0.4) is 0 Å². The summed E-state index contributed by atoms with van der Waals surface area (Å²) in [7, 11) is 0. The van der Waals surface area contributed by atoms with Crippen molar-refractivity contribution < 1.29 is 5.11 Å². The summed E-state index contributed by atoms with van der Waals surface area (Å²) in [6, 6.07) is 8.25. The second kappa shape index (κ2) is 4.64. The summed E-state index contributed by atoms with van der Waals surface area (Å²) in [5.41, 5.74) is 2.36. The smallest absolute Gasteiger partial charge is 0.112 e. The number of aliphatic hydroxyl groups is 1. The van der Waals surface area contributed by atoms with E-state index in [-0.39, 0.29) is 11.5 Å². The number of fused-ring (bicyclic) bond motifs is 1. The summed E-state index contributed by atoms with van der Waals surface area (Å²) >= 11 is 0. The van der Waals surface area contributed by atoms with Crippen LogP contribution < -0.4 is 0 Å². The molecule has 1 aromatic heterocycles. The summed E-state index contributed by atoms with van der Waals surface area (Å²) < 4.78 is 2.27. The first kappa shape index (κ1) is 12.7. The number of aliphatic hydroxyl groups excluding tert-OH is 1. The standard InChI is InChI=1S/C16H22N2O/c1-3-10-18-13-7-5-4-6-12(13)17-15(18)11-14(19)16(2)8-9-16/h4-7,14,19H,3,8-11H2,1-2H3. The summed E-state index contributed by atoms with van der Waals surface area (Å²) in [5.74, 6) is 1.03. The lowest BCUT2D eigenvalue weighted by atomic mass is 9.99. The van der Waals surface area contributed by atoms with Crippen LogP contribution in [0.5, 0.6) is 0 Å². The van der Waals surface area contributed by atoms with Gasteiger partial charge in [0.05, 0.1) is 17.1 Å². The number of aryl methyl sites for hydroxylation is 1. The molecule has 0 bridgehead atoms. The van der Waals surface area contributed by atoms with E-state index in [1.54, 1.807) is 0 Å². The second-order valence-corrected chi connectivity index (χ2v) is 6.04. The van der Waals surface area contributed by atoms with Gasteiger partial charge in [0, 0.05) is 13.0 Å². The molecule has 0 spiro atoms. The highest BCUT2D eigenvalue weighted by atomic mass is 16.3. The van der Waals surface area contributed by atoms with E-state index in [1.165, 1.54) is 5.52 Å². The Kier molecular flexibility index (Phi) is 3.09. The molecule has 1 atom stereocenters. The molecular formula is C16H22N2O. The van der Waals surface area contributed by atoms with Gasteiger partial charge in [0.25, 0.3) is 0 Å². The zero-order chi connectivity index (χ0) is 13.5. The van der Waals surface area contributed by atoms with Gasteiger partial charge in [-0.15, -0.1) is 0 Å². The fourth-order valence-corrected chi connectivity index (χ4v) is 2.70. The Balaban J connectivity index is 1.95. The van der Waals surface area contributed by atoms with E-state index < -0.39 is 0 Å². The molecular weight excluding hydrogens is 236 g/mol. The maximum atomic E-state index is 10.4. The van der Waals surface area contributed by atoms with Crippen LogP contribution in [0, 0.1) is 5.41 Å². The number of benzene rings is 1. The lowest BCUT2D eigenvalue weighted by Gasteiger charge is -2.17. The van der Waals surface area contributed by atoms with Crippen molar-refractivity contribution in [1.82, 2.24) is 9.55 Å². The number of nitrogens with zero attached hydrogens (tertiary/aromatic N) is 2. The number of aromatic nitrogens is 2. The first-order chi connectivity index (χ1) is 9.14. The minimum Gasteiger partial charge on any atom is -0.392 e. The van der Waals surface area contributed by atoms with Gasteiger partial charge in [-0.05, 0) is 36.8 Å². The number of rotatable bonds is 5. The molecule has 1 heterocycles. The van der Waals surface area contributed by atoms with Crippen LogP contribution in [0.2, 0.25) is 0 Å². The molecule has 0 radical (unpaired) electrons. The van der Waals surface area contributed by atoms with E-state index in [2.05, 4.69) is 36.6 Å². The van der Waals surface area contributed by atoms with E-state index in [0.717, 1.165) is 37.1 Å². The van der Waals surface area contributed by atoms with Crippen LogP contribution >= 0.6 is 0 Å². The monoisotopic (exact) mass is 258 g/mol. The molecule has 0 aliphatic heterocycles. The van der Waals surface area contributed by atoms with Crippen molar-refractivity contribution >= 4 is 11.0 Å². The first-order valence-corrected chi connectivity index (χ1v) is 7.26. The Bertz CT molecular complexity index is 583. The summed E-state index contributed by atoms with van der Waals surface area (Å²) in [6.07, 6.45) is 3.77. The molecule has 0 saturated heterocycles. The Morgan fingerprint density at radius 2 is 2.11 bits per heavy atom. The van der Waals surface area contributed by atoms with Crippen LogP contribution in [-0.4, -0.2) is 20.8 Å². The maximum absolute atomic E-state index is 10.4. The molecule has 1 unspecified atom stereocenters. The van der Waals surface area contributed by atoms with Crippen molar-refractivity contribution in [3.63, 3.8) is 0 Å². The molecule has 3 rings (SSSR count). The number of para-hydroxylation sites is 2. The van der Waals surface area contributed by atoms with Crippen LogP contribution in [0.1, 0.15) is 38.9 Å². The molecule has 102 valence electrons. The van der Waals surface area contributed by atoms with E-state index in [0.29, 0.717) is 6.42 Å². The molecule has 0 amide bonds. The molecule has 3 nitrogen and oxygen atoms in total. The van der Waals surface area contributed by atoms with Crippen molar-refractivity contribution in [2.24, 2.45) is 5.41 Å². The van der Waals surface area contributed by atoms with E-state index in [4.69, 9.17) is 4.98 Å². The number of hydrogen-bond donors (Lipinski definition) is 1. The SMILES string of the molecule is CCCn1c(CC(O)C2(C)CC2)nc2ccccc21. The Morgan fingerprint density at radius 3 is 2.79 bits per heavy atom. The fraction of sp³-hybridized carbons (Fsp3) is 0.562. The average Bonchev–Trinajstić information content (AvgIpc) is 3.07. The molecule has 1 aliphatic rings. The predicted molar refractivity (Wildman–Crippen MR) is 77.1 cm³/mol. The van der Waals surface area contributed by atoms with E-state index in [1.807, 2.05) is 6.07 Å². The molecule has 1 fully saturated rings. The maximum Gasteiger partial charge on any atom is 0.112 e. The van der Waals surface area contributed by atoms with Gasteiger partial charge >= 0.3 is 0 Å². The molecule has 1 N–H and O–H groups in total. The highest BCUT2D eigenvalue weighted by Gasteiger charge is 2.44. The molecule has 19 heavy (non-hydrogen) atoms. The van der Waals surface area contributed by atoms with Crippen molar-refractivity contribution in [3.8, 4) is 0 Å². The van der Waals surface area contributed by atoms with Crippen molar-refractivity contribution in [1.29, 1.82) is 0 Å². The lowest BCUT2D eigenvalue weighted by Crippen LogP contribution is -2.23. The Morgan fingerprint density at radius 1 is 1.37 bits per heavy atom. The summed E-state index contributed by atoms with van der Waals surface area (Å²) in [6.45, 7) is 5.32. The minimum atomic E-state index is -0.264. The second-order valence-electron chi connectivity index (χ2n) is 6.04. The van der Waals surface area contributed by atoms with Gasteiger partial charge in [-0.1, -0.05) is 26.0 Å². The predicted octanol–water partition coefficient (Wildman–Crippen LogP) is 3.15. The Labute approximate surface area is 114 Å². The van der Waals surface area contributed by atoms with Gasteiger partial charge < -0.3 is 9.67 Å². The van der Waals surface area contributed by atoms with Crippen molar-refractivity contribution in [2.45, 2.75) is 52.2 Å². The highest BCUT2D eigenvalue weighted by Crippen LogP contribution is 2.48. The van der Waals surface area contributed by atoms with Crippen molar-refractivity contribution in [3.05, 3.63) is 30.1 Å². The summed E-state index contributed by atoms with van der Waals surface area (Å²) in [5, 5.41) is 10.4. The molecule has 2 aromatic rings. The van der Waals surface area contributed by atoms with Crippen LogP contribution in [-0.2, 0) is 13.0 Å². The molecule has 3 heteroatoms. The first-order valence-electron chi connectivity index (χ1n) is 7.26. The van der Waals surface area contributed by atoms with Crippen molar-refractivity contribution in [2.75, 3.05) is 0 Å². The third kappa shape index (κ3) is 2.27. The topological polar surface area (TPSA) is 38.0 Å². The number of hydrogen-bond acceptors (Lipinski definition) is 2. The quantitative estimate of drug-likeness (QED) is 0.894. The summed E-state index contributed by atoms with van der Waals surface area (Å²) in [4.78, 5) is 4.72. The van der Waals surface area contributed by atoms with Gasteiger partial charge in [-0.25, -0.2) is 4.98 Å². The zero-order valence-corrected chi connectivity index (χ0v) is 11.8. The van der Waals surface area contributed by atoms with Gasteiger partial charge in [0.15, 0.2) is 0 Å². The number of imidazole rings is 1. The molecule has 1 saturated carbocycles. The minimum absolute atomic E-state index is 0.134. The van der Waals surface area contributed by atoms with Crippen LogP contribution in [0.4, 0.5) is 0 Å². The Hall–Kier alpha value is -1.35. The highest BCUT2D eigenvalue weighted by molar-refractivity contribution is 5.75. The van der Waals surface area contributed by atoms with Gasteiger partial charge in [-0.3, -0.25) is 0 Å². The van der Waals surface area contributed by atoms with Gasteiger partial charge in [-0.2, -0.15) is 0 Å².